The summed E-state index contributed by atoms with van der Waals surface area (Å²) in [7, 11) is 0. The van der Waals surface area contributed by atoms with E-state index in [2.05, 4.69) is 5.32 Å². The van der Waals surface area contributed by atoms with E-state index in [1.807, 2.05) is 60.7 Å². The molecule has 0 bridgehead atoms. The summed E-state index contributed by atoms with van der Waals surface area (Å²) in [5.41, 5.74) is 2.24. The lowest BCUT2D eigenvalue weighted by Gasteiger charge is -2.04. The van der Waals surface area contributed by atoms with Crippen molar-refractivity contribution >= 4 is 29.6 Å². The quantitative estimate of drug-likeness (QED) is 0.867. The van der Waals surface area contributed by atoms with Gasteiger partial charge in [0.2, 0.25) is 0 Å². The van der Waals surface area contributed by atoms with Gasteiger partial charge in [0.15, 0.2) is 0 Å². The average Bonchev–Trinajstić information content (AvgIpc) is 2.31. The summed E-state index contributed by atoms with van der Waals surface area (Å²) in [4.78, 5) is 9.44. The SMILES string of the molecule is CC(C)=O.Cl.c1ccc(Nc2ccccc2)cc1. The van der Waals surface area contributed by atoms with Crippen LogP contribution in [0, 0.1) is 0 Å². The Labute approximate surface area is 114 Å². The molecular weight excluding hydrogens is 246 g/mol. The highest BCUT2D eigenvalue weighted by atomic mass is 35.5. The Morgan fingerprint density at radius 2 is 1.06 bits per heavy atom. The predicted octanol–water partition coefficient (Wildman–Crippen LogP) is 4.45. The Balaban J connectivity index is 0.000000512. The molecule has 18 heavy (non-hydrogen) atoms. The Hall–Kier alpha value is -1.80. The Morgan fingerprint density at radius 1 is 0.778 bits per heavy atom. The number of carbonyl (C=O) groups excluding carboxylic acids is 1. The second-order valence-corrected chi connectivity index (χ2v) is 3.77. The first-order valence-corrected chi connectivity index (χ1v) is 5.53. The van der Waals surface area contributed by atoms with E-state index in [0.29, 0.717) is 0 Å². The summed E-state index contributed by atoms with van der Waals surface area (Å²) >= 11 is 0. The molecule has 0 amide bonds. The van der Waals surface area contributed by atoms with Gasteiger partial charge in [-0.1, -0.05) is 36.4 Å². The van der Waals surface area contributed by atoms with Gasteiger partial charge in [-0.3, -0.25) is 0 Å². The molecule has 0 unspecified atom stereocenters. The third-order valence-corrected chi connectivity index (χ3v) is 1.84. The highest BCUT2D eigenvalue weighted by molar-refractivity contribution is 5.85. The number of rotatable bonds is 2. The van der Waals surface area contributed by atoms with Crippen LogP contribution in [-0.2, 0) is 4.79 Å². The van der Waals surface area contributed by atoms with Gasteiger partial charge in [-0.05, 0) is 38.1 Å². The van der Waals surface area contributed by atoms with Crippen molar-refractivity contribution in [3.05, 3.63) is 60.7 Å². The Kier molecular flexibility index (Phi) is 8.33. The minimum atomic E-state index is 0. The molecule has 0 fully saturated rings. The molecule has 0 spiro atoms. The van der Waals surface area contributed by atoms with E-state index in [-0.39, 0.29) is 18.2 Å². The molecule has 0 saturated carbocycles. The average molecular weight is 264 g/mol. The maximum absolute atomic E-state index is 9.44. The summed E-state index contributed by atoms with van der Waals surface area (Å²) in [5.74, 6) is 0.167. The Morgan fingerprint density at radius 3 is 1.33 bits per heavy atom. The van der Waals surface area contributed by atoms with Crippen LogP contribution in [-0.4, -0.2) is 5.78 Å². The third-order valence-electron chi connectivity index (χ3n) is 1.84. The fourth-order valence-corrected chi connectivity index (χ4v) is 1.21. The predicted molar refractivity (Wildman–Crippen MR) is 79.8 cm³/mol. The standard InChI is InChI=1S/C12H11N.C3H6O.ClH/c1-3-7-11(8-4-1)13-12-9-5-2-6-10-12;1-3(2)4;/h1-10,13H;1-2H3;1H. The zero-order valence-corrected chi connectivity index (χ0v) is 11.4. The van der Waals surface area contributed by atoms with Crippen LogP contribution >= 0.6 is 12.4 Å². The first-order chi connectivity index (χ1) is 8.18. The molecule has 0 aliphatic rings. The van der Waals surface area contributed by atoms with Gasteiger partial charge >= 0.3 is 0 Å². The van der Waals surface area contributed by atoms with Gasteiger partial charge in [-0.25, -0.2) is 0 Å². The molecule has 2 aromatic carbocycles. The summed E-state index contributed by atoms with van der Waals surface area (Å²) in [6, 6.07) is 20.3. The van der Waals surface area contributed by atoms with E-state index in [1.165, 1.54) is 13.8 Å². The van der Waals surface area contributed by atoms with Gasteiger partial charge < -0.3 is 10.1 Å². The molecule has 96 valence electrons. The van der Waals surface area contributed by atoms with Crippen molar-refractivity contribution in [2.24, 2.45) is 0 Å². The zero-order chi connectivity index (χ0) is 12.5. The normalized spacial score (nSPS) is 8.33. The molecule has 0 atom stereocenters. The topological polar surface area (TPSA) is 29.1 Å². The van der Waals surface area contributed by atoms with Gasteiger partial charge in [0.05, 0.1) is 0 Å². The van der Waals surface area contributed by atoms with Crippen molar-refractivity contribution in [1.29, 1.82) is 0 Å². The number of carbonyl (C=O) groups is 1. The number of para-hydroxylation sites is 2. The molecule has 0 aliphatic heterocycles. The van der Waals surface area contributed by atoms with Crippen molar-refractivity contribution in [3.63, 3.8) is 0 Å². The lowest BCUT2D eigenvalue weighted by atomic mass is 10.3. The number of nitrogens with one attached hydrogen (secondary N) is 1. The summed E-state index contributed by atoms with van der Waals surface area (Å²) in [5, 5.41) is 3.30. The van der Waals surface area contributed by atoms with Crippen molar-refractivity contribution < 1.29 is 4.79 Å². The molecular formula is C15H18ClNO. The minimum absolute atomic E-state index is 0. The van der Waals surface area contributed by atoms with E-state index in [9.17, 15) is 4.79 Å². The fraction of sp³-hybridized carbons (Fsp3) is 0.133. The molecule has 2 aromatic rings. The molecule has 0 saturated heterocycles. The second kappa shape index (κ2) is 9.25. The summed E-state index contributed by atoms with van der Waals surface area (Å²) in [6.45, 7) is 3.06. The largest absolute Gasteiger partial charge is 0.356 e. The van der Waals surface area contributed by atoms with Crippen molar-refractivity contribution in [2.75, 3.05) is 5.32 Å². The molecule has 0 radical (unpaired) electrons. The number of ketones is 1. The first kappa shape index (κ1) is 16.2. The maximum atomic E-state index is 9.44. The van der Waals surface area contributed by atoms with Gasteiger partial charge in [-0.15, -0.1) is 12.4 Å². The van der Waals surface area contributed by atoms with Crippen LogP contribution in [0.5, 0.6) is 0 Å². The molecule has 2 nitrogen and oxygen atoms in total. The van der Waals surface area contributed by atoms with Crippen LogP contribution in [0.3, 0.4) is 0 Å². The lowest BCUT2D eigenvalue weighted by Crippen LogP contribution is -1.87. The van der Waals surface area contributed by atoms with Gasteiger partial charge in [0, 0.05) is 11.4 Å². The minimum Gasteiger partial charge on any atom is -0.356 e. The van der Waals surface area contributed by atoms with E-state index in [0.717, 1.165) is 11.4 Å². The molecule has 1 N–H and O–H groups in total. The first-order valence-electron chi connectivity index (χ1n) is 5.53. The molecule has 0 aliphatic carbocycles. The number of benzene rings is 2. The van der Waals surface area contributed by atoms with Crippen molar-refractivity contribution in [3.8, 4) is 0 Å². The van der Waals surface area contributed by atoms with E-state index in [4.69, 9.17) is 0 Å². The van der Waals surface area contributed by atoms with Crippen molar-refractivity contribution in [1.82, 2.24) is 0 Å². The van der Waals surface area contributed by atoms with Crippen LogP contribution in [0.1, 0.15) is 13.8 Å². The molecule has 0 heterocycles. The summed E-state index contributed by atoms with van der Waals surface area (Å²) in [6.07, 6.45) is 0. The van der Waals surface area contributed by atoms with Gasteiger partial charge in [0.1, 0.15) is 5.78 Å². The number of Topliss-reactive ketones (excluding diaryl/α,β-unsaturated/α-hetero) is 1. The third kappa shape index (κ3) is 7.47. The monoisotopic (exact) mass is 263 g/mol. The Bertz CT molecular complexity index is 401. The highest BCUT2D eigenvalue weighted by Gasteiger charge is 1.89. The maximum Gasteiger partial charge on any atom is 0.126 e. The van der Waals surface area contributed by atoms with Crippen LogP contribution < -0.4 is 5.32 Å². The van der Waals surface area contributed by atoms with Crippen LogP contribution in [0.25, 0.3) is 0 Å². The van der Waals surface area contributed by atoms with Crippen molar-refractivity contribution in [2.45, 2.75) is 13.8 Å². The zero-order valence-electron chi connectivity index (χ0n) is 10.6. The molecule has 0 aromatic heterocycles. The molecule has 3 heteroatoms. The second-order valence-electron chi connectivity index (χ2n) is 3.77. The van der Waals surface area contributed by atoms with Gasteiger partial charge in [0.25, 0.3) is 0 Å². The lowest BCUT2D eigenvalue weighted by molar-refractivity contribution is -0.114. The van der Waals surface area contributed by atoms with E-state index < -0.39 is 0 Å². The fourth-order valence-electron chi connectivity index (χ4n) is 1.21. The van der Waals surface area contributed by atoms with E-state index >= 15 is 0 Å². The van der Waals surface area contributed by atoms with Crippen LogP contribution in [0.2, 0.25) is 0 Å². The summed E-state index contributed by atoms with van der Waals surface area (Å²) < 4.78 is 0. The number of anilines is 2. The number of hydrogen-bond donors (Lipinski definition) is 1. The van der Waals surface area contributed by atoms with Crippen LogP contribution in [0.4, 0.5) is 11.4 Å². The van der Waals surface area contributed by atoms with Crippen LogP contribution in [0.15, 0.2) is 60.7 Å². The smallest absolute Gasteiger partial charge is 0.126 e. The number of hydrogen-bond acceptors (Lipinski definition) is 2. The van der Waals surface area contributed by atoms with E-state index in [1.54, 1.807) is 0 Å². The molecule has 2 rings (SSSR count). The van der Waals surface area contributed by atoms with Gasteiger partial charge in [-0.2, -0.15) is 0 Å². The highest BCUT2D eigenvalue weighted by Crippen LogP contribution is 2.14. The number of halogens is 1.